The lowest BCUT2D eigenvalue weighted by atomic mass is 9.95. The van der Waals surface area contributed by atoms with E-state index in [0.29, 0.717) is 6.29 Å². The van der Waals surface area contributed by atoms with Crippen molar-refractivity contribution < 1.29 is 64.2 Å². The first kappa shape index (κ1) is 26.7. The summed E-state index contributed by atoms with van der Waals surface area (Å²) in [6.45, 7) is -1.91. The van der Waals surface area contributed by atoms with Gasteiger partial charge in [0.2, 0.25) is 0 Å². The van der Waals surface area contributed by atoms with Crippen LogP contribution in [-0.2, 0) is 28.5 Å². The van der Waals surface area contributed by atoms with Crippen LogP contribution in [-0.4, -0.2) is 148 Å². The second-order valence-corrected chi connectivity index (χ2v) is 8.23. The van der Waals surface area contributed by atoms with Gasteiger partial charge in [-0.1, -0.05) is 0 Å². The van der Waals surface area contributed by atoms with Crippen LogP contribution < -0.4 is 11.5 Å². The molecule has 0 saturated carbocycles. The molecule has 0 amide bonds. The molecule has 3 aliphatic heterocycles. The van der Waals surface area contributed by atoms with E-state index >= 15 is 0 Å². The molecule has 0 aromatic carbocycles. The second kappa shape index (κ2) is 11.2. The van der Waals surface area contributed by atoms with E-state index in [1.807, 2.05) is 0 Å². The van der Waals surface area contributed by atoms with Crippen LogP contribution in [0.3, 0.4) is 0 Å². The van der Waals surface area contributed by atoms with Crippen molar-refractivity contribution in [2.75, 3.05) is 19.8 Å². The van der Waals surface area contributed by atoms with Gasteiger partial charge in [0.15, 0.2) is 18.9 Å². The fraction of sp³-hybridized carbons (Fsp3) is 0.944. The zero-order valence-electron chi connectivity index (χ0n) is 17.5. The molecule has 0 radical (unpaired) electrons. The first-order chi connectivity index (χ1) is 15.7. The molecular formula is C18H32N2O13. The molecule has 15 nitrogen and oxygen atoms in total. The number of aliphatic hydroxyl groups excluding tert-OH is 7. The number of rotatable bonds is 8. The zero-order chi connectivity index (χ0) is 24.4. The summed E-state index contributed by atoms with van der Waals surface area (Å²) in [6.07, 6.45) is -15.7. The number of carbonyl (C=O) groups is 1. The number of ether oxygens (including phenoxy) is 5. The summed E-state index contributed by atoms with van der Waals surface area (Å²) >= 11 is 0. The van der Waals surface area contributed by atoms with Crippen molar-refractivity contribution in [2.45, 2.75) is 85.7 Å². The summed E-state index contributed by atoms with van der Waals surface area (Å²) in [5, 5.41) is 69.5. The maximum Gasteiger partial charge on any atom is 0.176 e. The Morgan fingerprint density at radius 1 is 0.667 bits per heavy atom. The van der Waals surface area contributed by atoms with Gasteiger partial charge >= 0.3 is 0 Å². The first-order valence-electron chi connectivity index (χ1n) is 10.5. The molecule has 0 bridgehead atoms. The van der Waals surface area contributed by atoms with E-state index in [0.717, 1.165) is 0 Å². The Morgan fingerprint density at radius 3 is 1.64 bits per heavy atom. The molecule has 33 heavy (non-hydrogen) atoms. The fourth-order valence-electron chi connectivity index (χ4n) is 4.11. The molecule has 3 saturated heterocycles. The third-order valence-electron chi connectivity index (χ3n) is 6.10. The van der Waals surface area contributed by atoms with Gasteiger partial charge in [0, 0.05) is 0 Å². The normalized spacial score (nSPS) is 50.9. The minimum Gasteiger partial charge on any atom is -0.394 e. The van der Waals surface area contributed by atoms with Crippen molar-refractivity contribution in [3.63, 3.8) is 0 Å². The number of nitrogens with two attached hydrogens (primary N) is 2. The average molecular weight is 484 g/mol. The third-order valence-corrected chi connectivity index (χ3v) is 6.10. The molecule has 0 spiro atoms. The van der Waals surface area contributed by atoms with Gasteiger partial charge < -0.3 is 75.7 Å². The third kappa shape index (κ3) is 5.21. The predicted octanol–water partition coefficient (Wildman–Crippen LogP) is -6.75. The smallest absolute Gasteiger partial charge is 0.176 e. The average Bonchev–Trinajstić information content (AvgIpc) is 3.12. The summed E-state index contributed by atoms with van der Waals surface area (Å²) in [5.74, 6) is 0. The molecule has 3 heterocycles. The van der Waals surface area contributed by atoms with Gasteiger partial charge in [-0.15, -0.1) is 0 Å². The highest BCUT2D eigenvalue weighted by atomic mass is 16.7. The molecule has 0 unspecified atom stereocenters. The van der Waals surface area contributed by atoms with Gasteiger partial charge in [0.1, 0.15) is 61.0 Å². The minimum atomic E-state index is -1.54. The van der Waals surface area contributed by atoms with E-state index < -0.39 is 106 Å². The summed E-state index contributed by atoms with van der Waals surface area (Å²) in [6, 6.07) is -2.57. The van der Waals surface area contributed by atoms with Crippen LogP contribution >= 0.6 is 0 Å². The van der Waals surface area contributed by atoms with E-state index in [2.05, 4.69) is 0 Å². The highest BCUT2D eigenvalue weighted by Crippen LogP contribution is 2.31. The predicted molar refractivity (Wildman–Crippen MR) is 103 cm³/mol. The Bertz CT molecular complexity index is 642. The Hall–Kier alpha value is -0.890. The second-order valence-electron chi connectivity index (χ2n) is 8.23. The largest absolute Gasteiger partial charge is 0.394 e. The number of hydrogen-bond donors (Lipinski definition) is 9. The molecule has 11 N–H and O–H groups in total. The van der Waals surface area contributed by atoms with Crippen LogP contribution in [0.5, 0.6) is 0 Å². The highest BCUT2D eigenvalue weighted by molar-refractivity contribution is 5.58. The zero-order valence-corrected chi connectivity index (χ0v) is 17.5. The molecule has 192 valence electrons. The molecule has 3 rings (SSSR count). The van der Waals surface area contributed by atoms with E-state index in [-0.39, 0.29) is 0 Å². The summed E-state index contributed by atoms with van der Waals surface area (Å²) in [4.78, 5) is 11.0. The van der Waals surface area contributed by atoms with Crippen molar-refractivity contribution in [3.8, 4) is 0 Å². The van der Waals surface area contributed by atoms with Crippen molar-refractivity contribution in [1.82, 2.24) is 0 Å². The molecule has 3 aliphatic rings. The van der Waals surface area contributed by atoms with Crippen molar-refractivity contribution >= 4 is 6.29 Å². The van der Waals surface area contributed by atoms with Gasteiger partial charge in [-0.25, -0.2) is 0 Å². The van der Waals surface area contributed by atoms with Crippen molar-refractivity contribution in [2.24, 2.45) is 11.5 Å². The van der Waals surface area contributed by atoms with Crippen LogP contribution in [0.15, 0.2) is 0 Å². The van der Waals surface area contributed by atoms with Crippen LogP contribution in [0.1, 0.15) is 0 Å². The lowest BCUT2D eigenvalue weighted by molar-refractivity contribution is -0.335. The summed E-state index contributed by atoms with van der Waals surface area (Å²) in [7, 11) is 0. The molecule has 15 heteroatoms. The molecule has 14 atom stereocenters. The fourth-order valence-corrected chi connectivity index (χ4v) is 4.11. The van der Waals surface area contributed by atoms with Gasteiger partial charge in [-0.2, -0.15) is 0 Å². The van der Waals surface area contributed by atoms with Crippen LogP contribution in [0.2, 0.25) is 0 Å². The maximum atomic E-state index is 11.0. The number of aliphatic hydroxyl groups is 7. The lowest BCUT2D eigenvalue weighted by Gasteiger charge is -2.47. The Kier molecular flexibility index (Phi) is 9.09. The van der Waals surface area contributed by atoms with Crippen molar-refractivity contribution in [3.05, 3.63) is 0 Å². The van der Waals surface area contributed by atoms with Gasteiger partial charge in [-0.3, -0.25) is 0 Å². The van der Waals surface area contributed by atoms with Gasteiger partial charge in [-0.05, 0) is 0 Å². The molecule has 0 aromatic rings. The van der Waals surface area contributed by atoms with Crippen LogP contribution in [0.25, 0.3) is 0 Å². The molecule has 0 aromatic heterocycles. The number of aldehydes is 1. The monoisotopic (exact) mass is 484 g/mol. The molecule has 0 aliphatic carbocycles. The molecule has 3 fully saturated rings. The lowest BCUT2D eigenvalue weighted by Crippen LogP contribution is -2.68. The Labute approximate surface area is 188 Å². The SMILES string of the molecule is N[C@H]1[C@H](O[C@H]2[C@H](O)[C@@H](N)[C@H](O[C@H]3[C@H](O)[C@@H](C=O)O[C@@H]3CO)O[C@@H]2CO)O[C@H](CO)[C@@H](O)[C@@H]1O. The van der Waals surface area contributed by atoms with Crippen molar-refractivity contribution in [1.29, 1.82) is 0 Å². The van der Waals surface area contributed by atoms with E-state index in [1.54, 1.807) is 0 Å². The quantitative estimate of drug-likeness (QED) is 0.145. The summed E-state index contributed by atoms with van der Waals surface area (Å²) < 4.78 is 27.4. The van der Waals surface area contributed by atoms with Crippen LogP contribution in [0, 0.1) is 0 Å². The minimum absolute atomic E-state index is 0.353. The maximum absolute atomic E-state index is 11.0. The van der Waals surface area contributed by atoms with Crippen LogP contribution in [0.4, 0.5) is 0 Å². The Morgan fingerprint density at radius 2 is 1.12 bits per heavy atom. The number of hydrogen-bond acceptors (Lipinski definition) is 15. The topological polar surface area (TPSA) is 257 Å². The highest BCUT2D eigenvalue weighted by Gasteiger charge is 2.52. The first-order valence-corrected chi connectivity index (χ1v) is 10.5. The van der Waals surface area contributed by atoms with E-state index in [9.17, 15) is 40.5 Å². The number of carbonyl (C=O) groups excluding carboxylic acids is 1. The summed E-state index contributed by atoms with van der Waals surface area (Å²) in [5.41, 5.74) is 11.9. The molecular weight excluding hydrogens is 452 g/mol. The van der Waals surface area contributed by atoms with Gasteiger partial charge in [0.25, 0.3) is 0 Å². The van der Waals surface area contributed by atoms with Gasteiger partial charge in [0.05, 0.1) is 31.9 Å². The van der Waals surface area contributed by atoms with E-state index in [1.165, 1.54) is 0 Å². The van der Waals surface area contributed by atoms with E-state index in [4.69, 9.17) is 35.2 Å². The Balaban J connectivity index is 1.71. The standard InChI is InChI=1S/C18H32N2O13/c19-9-13(27)11(25)5(1-21)30-17(9)33-16-8(4-24)31-18(10(20)14(16)28)32-15-7(3-23)29-6(2-22)12(15)26/h2,5-18,21,23-28H,1,3-4,19-20H2/t5-,6-,7-,8-,9-,10-,11-,12-,13-,14-,15-,16-,17+,18+/m1/s1.